The summed E-state index contributed by atoms with van der Waals surface area (Å²) >= 11 is 7.39. The van der Waals surface area contributed by atoms with Gasteiger partial charge in [-0.25, -0.2) is 0 Å². The summed E-state index contributed by atoms with van der Waals surface area (Å²) in [5, 5.41) is 0.787. The first-order valence-electron chi connectivity index (χ1n) is 7.65. The van der Waals surface area contributed by atoms with Crippen LogP contribution in [-0.2, 0) is 4.74 Å². The summed E-state index contributed by atoms with van der Waals surface area (Å²) in [7, 11) is 0. The number of fused-ring (bicyclic) bond motifs is 4. The van der Waals surface area contributed by atoms with Gasteiger partial charge in [0.2, 0.25) is 4.38 Å². The Morgan fingerprint density at radius 2 is 1.61 bits per heavy atom. The van der Waals surface area contributed by atoms with Gasteiger partial charge in [0.25, 0.3) is 0 Å². The Balaban J connectivity index is 1.29. The van der Waals surface area contributed by atoms with Crippen molar-refractivity contribution in [2.45, 2.75) is 62.7 Å². The first-order chi connectivity index (χ1) is 8.78. The van der Waals surface area contributed by atoms with Gasteiger partial charge < -0.3 is 4.74 Å². The molecule has 6 atom stereocenters. The predicted molar refractivity (Wildman–Crippen MR) is 79.7 cm³/mol. The van der Waals surface area contributed by atoms with E-state index in [4.69, 9.17) is 17.0 Å². The van der Waals surface area contributed by atoms with Crippen molar-refractivity contribution in [2.24, 2.45) is 23.7 Å². The third kappa shape index (κ3) is 2.11. The van der Waals surface area contributed by atoms with Crippen molar-refractivity contribution in [3.63, 3.8) is 0 Å². The molecular formula is C15H22OS2. The van der Waals surface area contributed by atoms with Crippen molar-refractivity contribution in [2.75, 3.05) is 0 Å². The summed E-state index contributed by atoms with van der Waals surface area (Å²) in [6.07, 6.45) is 11.8. The Morgan fingerprint density at radius 3 is 2.17 bits per heavy atom. The summed E-state index contributed by atoms with van der Waals surface area (Å²) in [6, 6.07) is 0. The molecule has 0 heterocycles. The Morgan fingerprint density at radius 1 is 0.889 bits per heavy atom. The molecular weight excluding hydrogens is 260 g/mol. The molecule has 100 valence electrons. The number of rotatable bonds is 2. The smallest absolute Gasteiger partial charge is 0.220 e. The van der Waals surface area contributed by atoms with Crippen molar-refractivity contribution in [1.82, 2.24) is 0 Å². The standard InChI is InChI=1S/C15H22OS2/c17-15(16-13-7-9-1-3-11(13)5-9)18-14-8-10-2-4-12(14)6-10/h9-14H,1-8H2. The second kappa shape index (κ2) is 4.66. The molecule has 0 aliphatic heterocycles. The summed E-state index contributed by atoms with van der Waals surface area (Å²) < 4.78 is 6.98. The molecule has 0 amide bonds. The molecule has 6 unspecified atom stereocenters. The van der Waals surface area contributed by atoms with Gasteiger partial charge in [-0.2, -0.15) is 0 Å². The van der Waals surface area contributed by atoms with E-state index >= 15 is 0 Å². The molecule has 4 aliphatic carbocycles. The zero-order chi connectivity index (χ0) is 12.1. The number of ether oxygens (including phenoxy) is 1. The van der Waals surface area contributed by atoms with Gasteiger partial charge in [-0.1, -0.05) is 18.2 Å². The molecule has 0 radical (unpaired) electrons. The van der Waals surface area contributed by atoms with E-state index < -0.39 is 0 Å². The van der Waals surface area contributed by atoms with Crippen LogP contribution in [0.1, 0.15) is 51.4 Å². The molecule has 4 fully saturated rings. The van der Waals surface area contributed by atoms with Gasteiger partial charge in [0, 0.05) is 5.25 Å². The van der Waals surface area contributed by atoms with Gasteiger partial charge in [0.05, 0.1) is 0 Å². The number of thiocarbonyl (C=S) groups is 1. The highest BCUT2D eigenvalue weighted by Gasteiger charge is 2.43. The molecule has 4 aliphatic rings. The quantitative estimate of drug-likeness (QED) is 0.695. The van der Waals surface area contributed by atoms with Crippen molar-refractivity contribution in [3.05, 3.63) is 0 Å². The lowest BCUT2D eigenvalue weighted by atomic mass is 9.98. The molecule has 0 aromatic rings. The van der Waals surface area contributed by atoms with E-state index in [0.29, 0.717) is 6.10 Å². The van der Waals surface area contributed by atoms with Gasteiger partial charge in [-0.05, 0) is 80.8 Å². The van der Waals surface area contributed by atoms with Crippen molar-refractivity contribution >= 4 is 28.4 Å². The summed E-state index contributed by atoms with van der Waals surface area (Å²) in [6.45, 7) is 0. The maximum atomic E-state index is 6.11. The minimum absolute atomic E-state index is 0.474. The molecule has 4 bridgehead atoms. The van der Waals surface area contributed by atoms with Crippen LogP contribution in [0.15, 0.2) is 0 Å². The second-order valence-electron chi connectivity index (χ2n) is 6.91. The third-order valence-electron chi connectivity index (χ3n) is 5.84. The van der Waals surface area contributed by atoms with Gasteiger partial charge in [-0.3, -0.25) is 0 Å². The van der Waals surface area contributed by atoms with Crippen molar-refractivity contribution in [3.8, 4) is 0 Å². The minimum Gasteiger partial charge on any atom is -0.475 e. The normalized spacial score (nSPS) is 48.9. The van der Waals surface area contributed by atoms with Crippen LogP contribution >= 0.6 is 24.0 Å². The third-order valence-corrected chi connectivity index (χ3v) is 7.40. The molecule has 0 N–H and O–H groups in total. The lowest BCUT2D eigenvalue weighted by Crippen LogP contribution is -2.24. The van der Waals surface area contributed by atoms with E-state index in [0.717, 1.165) is 33.3 Å². The molecule has 18 heavy (non-hydrogen) atoms. The molecule has 0 saturated heterocycles. The number of hydrogen-bond acceptors (Lipinski definition) is 3. The first-order valence-corrected chi connectivity index (χ1v) is 8.94. The Labute approximate surface area is 119 Å². The fraction of sp³-hybridized carbons (Fsp3) is 0.933. The predicted octanol–water partition coefficient (Wildman–Crippen LogP) is 4.40. The highest BCUT2D eigenvalue weighted by atomic mass is 32.2. The molecule has 1 nitrogen and oxygen atoms in total. The second-order valence-corrected chi connectivity index (χ2v) is 8.75. The molecule has 4 saturated carbocycles. The van der Waals surface area contributed by atoms with Crippen LogP contribution in [0.25, 0.3) is 0 Å². The zero-order valence-electron chi connectivity index (χ0n) is 10.8. The van der Waals surface area contributed by atoms with Gasteiger partial charge in [0.1, 0.15) is 6.10 Å². The maximum absolute atomic E-state index is 6.11. The molecule has 0 aromatic carbocycles. The lowest BCUT2D eigenvalue weighted by Gasteiger charge is -2.26. The first kappa shape index (κ1) is 12.0. The SMILES string of the molecule is S=C(OC1CC2CCC1C2)SC1CC2CCC1C2. The van der Waals surface area contributed by atoms with Crippen LogP contribution in [0.2, 0.25) is 0 Å². The molecule has 3 heteroatoms. The van der Waals surface area contributed by atoms with Crippen LogP contribution in [0.5, 0.6) is 0 Å². The van der Waals surface area contributed by atoms with E-state index in [1.807, 2.05) is 11.8 Å². The van der Waals surface area contributed by atoms with Crippen LogP contribution in [0.3, 0.4) is 0 Å². The van der Waals surface area contributed by atoms with Crippen LogP contribution in [0, 0.1) is 23.7 Å². The van der Waals surface area contributed by atoms with E-state index in [1.165, 1.54) is 51.4 Å². The summed E-state index contributed by atoms with van der Waals surface area (Å²) in [4.78, 5) is 0. The average Bonchev–Trinajstić information content (AvgIpc) is 3.08. The van der Waals surface area contributed by atoms with E-state index in [9.17, 15) is 0 Å². The van der Waals surface area contributed by atoms with Crippen LogP contribution < -0.4 is 0 Å². The average molecular weight is 282 g/mol. The number of hydrogen-bond donors (Lipinski definition) is 0. The molecule has 4 rings (SSSR count). The Bertz CT molecular complexity index is 324. The van der Waals surface area contributed by atoms with E-state index in [-0.39, 0.29) is 0 Å². The fourth-order valence-electron chi connectivity index (χ4n) is 4.94. The molecule has 0 spiro atoms. The molecule has 0 aromatic heterocycles. The monoisotopic (exact) mass is 282 g/mol. The van der Waals surface area contributed by atoms with E-state index in [1.54, 1.807) is 0 Å². The Kier molecular flexibility index (Phi) is 3.11. The van der Waals surface area contributed by atoms with Gasteiger partial charge in [-0.15, -0.1) is 0 Å². The summed E-state index contributed by atoms with van der Waals surface area (Å²) in [5.74, 6) is 3.74. The fourth-order valence-corrected chi connectivity index (χ4v) is 6.67. The number of thioether (sulfide) groups is 1. The van der Waals surface area contributed by atoms with Crippen molar-refractivity contribution in [1.29, 1.82) is 0 Å². The van der Waals surface area contributed by atoms with Gasteiger partial charge in [0.15, 0.2) is 0 Å². The lowest BCUT2D eigenvalue weighted by molar-refractivity contribution is 0.136. The van der Waals surface area contributed by atoms with Crippen LogP contribution in [-0.4, -0.2) is 15.7 Å². The highest BCUT2D eigenvalue weighted by Crippen LogP contribution is 2.51. The van der Waals surface area contributed by atoms with E-state index in [2.05, 4.69) is 0 Å². The maximum Gasteiger partial charge on any atom is 0.220 e. The van der Waals surface area contributed by atoms with Crippen LogP contribution in [0.4, 0.5) is 0 Å². The summed E-state index contributed by atoms with van der Waals surface area (Å²) in [5.41, 5.74) is 0. The zero-order valence-corrected chi connectivity index (χ0v) is 12.5. The van der Waals surface area contributed by atoms with Gasteiger partial charge >= 0.3 is 0 Å². The Hall–Kier alpha value is 0.240. The topological polar surface area (TPSA) is 9.23 Å². The van der Waals surface area contributed by atoms with Crippen molar-refractivity contribution < 1.29 is 4.74 Å². The largest absolute Gasteiger partial charge is 0.475 e. The highest BCUT2D eigenvalue weighted by molar-refractivity contribution is 8.23. The minimum atomic E-state index is 0.474.